The lowest BCUT2D eigenvalue weighted by Crippen LogP contribution is -2.41. The van der Waals surface area contributed by atoms with Gasteiger partial charge in [-0.15, -0.1) is 0 Å². The van der Waals surface area contributed by atoms with Crippen molar-refractivity contribution in [3.8, 4) is 0 Å². The first-order valence-electron chi connectivity index (χ1n) is 9.00. The van der Waals surface area contributed by atoms with E-state index in [1.54, 1.807) is 12.4 Å². The number of pyridine rings is 1. The maximum atomic E-state index is 6.23. The number of ether oxygens (including phenoxy) is 2. The Morgan fingerprint density at radius 2 is 2.12 bits per heavy atom. The van der Waals surface area contributed by atoms with E-state index in [2.05, 4.69) is 15.0 Å². The minimum absolute atomic E-state index is 0.0962. The molecule has 0 radical (unpaired) electrons. The summed E-state index contributed by atoms with van der Waals surface area (Å²) in [6, 6.07) is 4.40. The Hall–Kier alpha value is -1.76. The third kappa shape index (κ3) is 3.47. The SMILES string of the molecule is Cc1noc(C)c1CN1C[C@@H](OCc2ccncc2)[C@H]2OCCC[C@H]21. The lowest BCUT2D eigenvalue weighted by atomic mass is 10.0. The topological polar surface area (TPSA) is 60.6 Å². The molecule has 4 heterocycles. The summed E-state index contributed by atoms with van der Waals surface area (Å²) in [6.45, 7) is 7.14. The van der Waals surface area contributed by atoms with Gasteiger partial charge in [0.25, 0.3) is 0 Å². The second-order valence-electron chi connectivity index (χ2n) is 6.98. The summed E-state index contributed by atoms with van der Waals surface area (Å²) in [5, 5.41) is 4.09. The van der Waals surface area contributed by atoms with Gasteiger partial charge in [-0.2, -0.15) is 0 Å². The fraction of sp³-hybridized carbons (Fsp3) is 0.579. The molecule has 0 spiro atoms. The number of aryl methyl sites for hydroxylation is 2. The molecule has 2 fully saturated rings. The highest BCUT2D eigenvalue weighted by atomic mass is 16.5. The lowest BCUT2D eigenvalue weighted by molar-refractivity contribution is -0.0819. The number of rotatable bonds is 5. The smallest absolute Gasteiger partial charge is 0.138 e. The highest BCUT2D eigenvalue weighted by molar-refractivity contribution is 5.21. The van der Waals surface area contributed by atoms with Gasteiger partial charge in [-0.3, -0.25) is 9.88 Å². The van der Waals surface area contributed by atoms with Crippen LogP contribution in [0.4, 0.5) is 0 Å². The zero-order chi connectivity index (χ0) is 17.2. The van der Waals surface area contributed by atoms with Gasteiger partial charge in [0.2, 0.25) is 0 Å². The molecular formula is C19H25N3O3. The van der Waals surface area contributed by atoms with Crippen molar-refractivity contribution >= 4 is 0 Å². The summed E-state index contributed by atoms with van der Waals surface area (Å²) in [5.74, 6) is 0.909. The monoisotopic (exact) mass is 343 g/mol. The molecule has 0 amide bonds. The zero-order valence-electron chi connectivity index (χ0n) is 14.9. The van der Waals surface area contributed by atoms with E-state index in [1.165, 1.54) is 5.56 Å². The van der Waals surface area contributed by atoms with Crippen LogP contribution < -0.4 is 0 Å². The fourth-order valence-electron chi connectivity index (χ4n) is 3.95. The average molecular weight is 343 g/mol. The molecule has 0 bridgehead atoms. The first-order valence-corrected chi connectivity index (χ1v) is 9.00. The molecule has 0 aliphatic carbocycles. The molecule has 134 valence electrons. The summed E-state index contributed by atoms with van der Waals surface area (Å²) >= 11 is 0. The molecule has 2 aliphatic rings. The van der Waals surface area contributed by atoms with Gasteiger partial charge in [-0.1, -0.05) is 5.16 Å². The van der Waals surface area contributed by atoms with Crippen molar-refractivity contribution in [2.24, 2.45) is 0 Å². The van der Waals surface area contributed by atoms with Crippen LogP contribution in [0.25, 0.3) is 0 Å². The second-order valence-corrected chi connectivity index (χ2v) is 6.98. The minimum Gasteiger partial charge on any atom is -0.374 e. The molecule has 6 nitrogen and oxygen atoms in total. The normalized spacial score (nSPS) is 26.7. The van der Waals surface area contributed by atoms with Crippen molar-refractivity contribution < 1.29 is 14.0 Å². The predicted molar refractivity (Wildman–Crippen MR) is 92.0 cm³/mol. The largest absolute Gasteiger partial charge is 0.374 e. The number of aromatic nitrogens is 2. The molecule has 2 aromatic rings. The molecule has 0 N–H and O–H groups in total. The van der Waals surface area contributed by atoms with E-state index in [0.717, 1.165) is 49.6 Å². The molecule has 4 rings (SSSR count). The maximum Gasteiger partial charge on any atom is 0.138 e. The molecule has 2 aliphatic heterocycles. The quantitative estimate of drug-likeness (QED) is 0.832. The van der Waals surface area contributed by atoms with Gasteiger partial charge in [-0.05, 0) is 44.4 Å². The highest BCUT2D eigenvalue weighted by Gasteiger charge is 2.44. The number of nitrogens with zero attached hydrogens (tertiary/aromatic N) is 3. The van der Waals surface area contributed by atoms with Gasteiger partial charge in [-0.25, -0.2) is 0 Å². The lowest BCUT2D eigenvalue weighted by Gasteiger charge is -2.32. The van der Waals surface area contributed by atoms with Gasteiger partial charge in [0.05, 0.1) is 18.4 Å². The van der Waals surface area contributed by atoms with E-state index in [0.29, 0.717) is 12.6 Å². The van der Waals surface area contributed by atoms with Crippen molar-refractivity contribution in [3.63, 3.8) is 0 Å². The van der Waals surface area contributed by atoms with Crippen LogP contribution in [0.5, 0.6) is 0 Å². The highest BCUT2D eigenvalue weighted by Crippen LogP contribution is 2.33. The molecule has 0 unspecified atom stereocenters. The second kappa shape index (κ2) is 7.23. The molecule has 25 heavy (non-hydrogen) atoms. The Bertz CT molecular complexity index is 684. The Morgan fingerprint density at radius 1 is 1.28 bits per heavy atom. The van der Waals surface area contributed by atoms with Gasteiger partial charge in [0.1, 0.15) is 11.9 Å². The minimum atomic E-state index is 0.0962. The average Bonchev–Trinajstić information content (AvgIpc) is 3.16. The first kappa shape index (κ1) is 16.7. The Balaban J connectivity index is 1.46. The Labute approximate surface area is 148 Å². The number of hydrogen-bond acceptors (Lipinski definition) is 6. The molecular weight excluding hydrogens is 318 g/mol. The summed E-state index contributed by atoms with van der Waals surface area (Å²) < 4.78 is 17.7. The number of fused-ring (bicyclic) bond motifs is 1. The standard InChI is InChI=1S/C19H25N3O3/c1-13-16(14(2)25-21-13)10-22-11-18(19-17(22)4-3-9-23-19)24-12-15-5-7-20-8-6-15/h5-8,17-19H,3-4,9-12H2,1-2H3/t17-,18-,19+/m1/s1. The number of likely N-dealkylation sites (tertiary alicyclic amines) is 1. The summed E-state index contributed by atoms with van der Waals surface area (Å²) in [5.41, 5.74) is 3.32. The van der Waals surface area contributed by atoms with Crippen LogP contribution in [0, 0.1) is 13.8 Å². The van der Waals surface area contributed by atoms with Crippen LogP contribution in [-0.2, 0) is 22.6 Å². The maximum absolute atomic E-state index is 6.23. The van der Waals surface area contributed by atoms with E-state index >= 15 is 0 Å². The predicted octanol–water partition coefficient (Wildman–Crippen LogP) is 2.64. The summed E-state index contributed by atoms with van der Waals surface area (Å²) in [7, 11) is 0. The van der Waals surface area contributed by atoms with E-state index in [-0.39, 0.29) is 12.2 Å². The van der Waals surface area contributed by atoms with Crippen molar-refractivity contribution in [2.75, 3.05) is 13.2 Å². The molecule has 2 saturated heterocycles. The first-order chi connectivity index (χ1) is 12.2. The fourth-order valence-corrected chi connectivity index (χ4v) is 3.95. The van der Waals surface area contributed by atoms with Gasteiger partial charge < -0.3 is 14.0 Å². The molecule has 2 aromatic heterocycles. The van der Waals surface area contributed by atoms with Crippen LogP contribution in [0.3, 0.4) is 0 Å². The van der Waals surface area contributed by atoms with Crippen molar-refractivity contribution in [2.45, 2.75) is 58.1 Å². The number of hydrogen-bond donors (Lipinski definition) is 0. The third-order valence-corrected chi connectivity index (χ3v) is 5.34. The summed E-state index contributed by atoms with van der Waals surface area (Å²) in [4.78, 5) is 6.54. The summed E-state index contributed by atoms with van der Waals surface area (Å²) in [6.07, 6.45) is 6.11. The van der Waals surface area contributed by atoms with Crippen LogP contribution in [0.1, 0.15) is 35.4 Å². The van der Waals surface area contributed by atoms with E-state index < -0.39 is 0 Å². The zero-order valence-corrected chi connectivity index (χ0v) is 14.9. The van der Waals surface area contributed by atoms with Gasteiger partial charge in [0.15, 0.2) is 0 Å². The molecule has 0 saturated carbocycles. The van der Waals surface area contributed by atoms with Gasteiger partial charge in [0, 0.05) is 43.7 Å². The Morgan fingerprint density at radius 3 is 2.88 bits per heavy atom. The van der Waals surface area contributed by atoms with Crippen LogP contribution in [0.15, 0.2) is 29.0 Å². The van der Waals surface area contributed by atoms with E-state index in [1.807, 2.05) is 26.0 Å². The van der Waals surface area contributed by atoms with Crippen LogP contribution in [-0.4, -0.2) is 46.4 Å². The van der Waals surface area contributed by atoms with Crippen molar-refractivity contribution in [1.29, 1.82) is 0 Å². The van der Waals surface area contributed by atoms with Crippen molar-refractivity contribution in [1.82, 2.24) is 15.0 Å². The Kier molecular flexibility index (Phi) is 4.83. The van der Waals surface area contributed by atoms with Gasteiger partial charge >= 0.3 is 0 Å². The molecule has 0 aromatic carbocycles. The van der Waals surface area contributed by atoms with E-state index in [9.17, 15) is 0 Å². The third-order valence-electron chi connectivity index (χ3n) is 5.34. The van der Waals surface area contributed by atoms with Crippen LogP contribution >= 0.6 is 0 Å². The van der Waals surface area contributed by atoms with Crippen LogP contribution in [0.2, 0.25) is 0 Å². The molecule has 6 heteroatoms. The van der Waals surface area contributed by atoms with Crippen molar-refractivity contribution in [3.05, 3.63) is 47.1 Å². The van der Waals surface area contributed by atoms with E-state index in [4.69, 9.17) is 14.0 Å². The molecule has 3 atom stereocenters.